The van der Waals surface area contributed by atoms with Crippen LogP contribution in [-0.4, -0.2) is 10.0 Å². The molecule has 0 aromatic heterocycles. The standard InChI is InChI=1S/C8H10N2O3/c1-5(9)7-4-6(11)2-3-8(7)10(12)13/h2-5,11H,9H2,1H3/t5-/m0/s1. The van der Waals surface area contributed by atoms with E-state index >= 15 is 0 Å². The lowest BCUT2D eigenvalue weighted by Crippen LogP contribution is -2.07. The van der Waals surface area contributed by atoms with Gasteiger partial charge in [0.05, 0.1) is 4.92 Å². The minimum absolute atomic E-state index is 0.0158. The van der Waals surface area contributed by atoms with Crippen LogP contribution in [0.5, 0.6) is 5.75 Å². The predicted molar refractivity (Wildman–Crippen MR) is 47.4 cm³/mol. The van der Waals surface area contributed by atoms with Gasteiger partial charge in [-0.05, 0) is 19.1 Å². The predicted octanol–water partition coefficient (Wildman–Crippen LogP) is 1.32. The molecule has 0 heterocycles. The van der Waals surface area contributed by atoms with Crippen LogP contribution in [0.3, 0.4) is 0 Å². The van der Waals surface area contributed by atoms with E-state index in [1.54, 1.807) is 6.92 Å². The third-order valence-electron chi connectivity index (χ3n) is 1.70. The van der Waals surface area contributed by atoms with E-state index in [2.05, 4.69) is 0 Å². The first-order valence-electron chi connectivity index (χ1n) is 3.75. The summed E-state index contributed by atoms with van der Waals surface area (Å²) in [4.78, 5) is 9.99. The average molecular weight is 182 g/mol. The van der Waals surface area contributed by atoms with E-state index in [9.17, 15) is 10.1 Å². The fourth-order valence-corrected chi connectivity index (χ4v) is 1.07. The SMILES string of the molecule is C[C@H](N)c1cc(O)ccc1[N+](=O)[O-]. The lowest BCUT2D eigenvalue weighted by molar-refractivity contribution is -0.385. The van der Waals surface area contributed by atoms with Gasteiger partial charge in [0.1, 0.15) is 5.75 Å². The first kappa shape index (κ1) is 9.47. The van der Waals surface area contributed by atoms with E-state index in [0.29, 0.717) is 5.56 Å². The van der Waals surface area contributed by atoms with Gasteiger partial charge in [-0.2, -0.15) is 0 Å². The van der Waals surface area contributed by atoms with Crippen molar-refractivity contribution in [2.75, 3.05) is 0 Å². The first-order valence-corrected chi connectivity index (χ1v) is 3.75. The second-order valence-corrected chi connectivity index (χ2v) is 2.79. The Labute approximate surface area is 74.9 Å². The summed E-state index contributed by atoms with van der Waals surface area (Å²) in [6, 6.07) is 3.36. The Morgan fingerprint density at radius 3 is 2.69 bits per heavy atom. The Morgan fingerprint density at radius 1 is 1.62 bits per heavy atom. The number of benzene rings is 1. The molecule has 0 unspecified atom stereocenters. The number of nitro benzene ring substituents is 1. The molecule has 0 amide bonds. The van der Waals surface area contributed by atoms with Crippen LogP contribution in [-0.2, 0) is 0 Å². The maximum Gasteiger partial charge on any atom is 0.274 e. The smallest absolute Gasteiger partial charge is 0.274 e. The molecule has 1 aromatic rings. The van der Waals surface area contributed by atoms with E-state index in [1.165, 1.54) is 18.2 Å². The van der Waals surface area contributed by atoms with Gasteiger partial charge >= 0.3 is 0 Å². The summed E-state index contributed by atoms with van der Waals surface area (Å²) in [5.74, 6) is -0.0158. The van der Waals surface area contributed by atoms with Crippen molar-refractivity contribution in [2.24, 2.45) is 5.73 Å². The van der Waals surface area contributed by atoms with E-state index < -0.39 is 11.0 Å². The number of hydrogen-bond acceptors (Lipinski definition) is 4. The van der Waals surface area contributed by atoms with Gasteiger partial charge in [0.2, 0.25) is 0 Å². The lowest BCUT2D eigenvalue weighted by Gasteiger charge is -2.06. The number of nitro groups is 1. The van der Waals surface area contributed by atoms with E-state index in [0.717, 1.165) is 0 Å². The van der Waals surface area contributed by atoms with Crippen molar-refractivity contribution in [3.8, 4) is 5.75 Å². The second kappa shape index (κ2) is 3.40. The molecular weight excluding hydrogens is 172 g/mol. The molecule has 13 heavy (non-hydrogen) atoms. The van der Waals surface area contributed by atoms with Crippen molar-refractivity contribution in [3.05, 3.63) is 33.9 Å². The molecular formula is C8H10N2O3. The van der Waals surface area contributed by atoms with Crippen molar-refractivity contribution in [3.63, 3.8) is 0 Å². The van der Waals surface area contributed by atoms with Crippen LogP contribution in [0.15, 0.2) is 18.2 Å². The van der Waals surface area contributed by atoms with Gasteiger partial charge < -0.3 is 10.8 Å². The summed E-state index contributed by atoms with van der Waals surface area (Å²) in [6.07, 6.45) is 0. The third kappa shape index (κ3) is 1.94. The van der Waals surface area contributed by atoms with Crippen LogP contribution < -0.4 is 5.73 Å². The Bertz CT molecular complexity index is 336. The fraction of sp³-hybridized carbons (Fsp3) is 0.250. The second-order valence-electron chi connectivity index (χ2n) is 2.79. The molecule has 0 bridgehead atoms. The number of phenols is 1. The van der Waals surface area contributed by atoms with Gasteiger partial charge in [-0.15, -0.1) is 0 Å². The molecule has 1 rings (SSSR count). The minimum Gasteiger partial charge on any atom is -0.508 e. The fourth-order valence-electron chi connectivity index (χ4n) is 1.07. The van der Waals surface area contributed by atoms with Crippen LogP contribution in [0.25, 0.3) is 0 Å². The van der Waals surface area contributed by atoms with Gasteiger partial charge in [-0.3, -0.25) is 10.1 Å². The number of phenolic OH excluding ortho intramolecular Hbond substituents is 1. The van der Waals surface area contributed by atoms with Crippen LogP contribution >= 0.6 is 0 Å². The Hall–Kier alpha value is -1.62. The zero-order valence-corrected chi connectivity index (χ0v) is 7.10. The van der Waals surface area contributed by atoms with Gasteiger partial charge in [0, 0.05) is 17.7 Å². The highest BCUT2D eigenvalue weighted by Gasteiger charge is 2.16. The number of rotatable bonds is 2. The molecule has 1 atom stereocenters. The summed E-state index contributed by atoms with van der Waals surface area (Å²) < 4.78 is 0. The molecule has 70 valence electrons. The highest BCUT2D eigenvalue weighted by molar-refractivity contribution is 5.46. The van der Waals surface area contributed by atoms with Gasteiger partial charge in [-0.1, -0.05) is 0 Å². The zero-order valence-electron chi connectivity index (χ0n) is 7.10. The van der Waals surface area contributed by atoms with Crippen LogP contribution in [0.2, 0.25) is 0 Å². The molecule has 5 heteroatoms. The van der Waals surface area contributed by atoms with E-state index in [4.69, 9.17) is 10.8 Å². The normalized spacial score (nSPS) is 12.5. The van der Waals surface area contributed by atoms with E-state index in [1.807, 2.05) is 0 Å². The maximum absolute atomic E-state index is 10.5. The van der Waals surface area contributed by atoms with Gasteiger partial charge in [-0.25, -0.2) is 0 Å². The molecule has 0 aliphatic heterocycles. The summed E-state index contributed by atoms with van der Waals surface area (Å²) in [6.45, 7) is 1.63. The van der Waals surface area contributed by atoms with Crippen molar-refractivity contribution >= 4 is 5.69 Å². The molecule has 3 N–H and O–H groups in total. The first-order chi connectivity index (χ1) is 6.02. The van der Waals surface area contributed by atoms with Gasteiger partial charge in [0.15, 0.2) is 0 Å². The van der Waals surface area contributed by atoms with Gasteiger partial charge in [0.25, 0.3) is 5.69 Å². The topological polar surface area (TPSA) is 89.4 Å². The highest BCUT2D eigenvalue weighted by atomic mass is 16.6. The Balaban J connectivity index is 3.26. The van der Waals surface area contributed by atoms with Crippen LogP contribution in [0, 0.1) is 10.1 Å². The average Bonchev–Trinajstić information content (AvgIpc) is 2.03. The summed E-state index contributed by atoms with van der Waals surface area (Å²) in [5.41, 5.74) is 5.78. The summed E-state index contributed by atoms with van der Waals surface area (Å²) in [7, 11) is 0. The third-order valence-corrected chi connectivity index (χ3v) is 1.70. The zero-order chi connectivity index (χ0) is 10.0. The largest absolute Gasteiger partial charge is 0.508 e. The van der Waals surface area contributed by atoms with Crippen molar-refractivity contribution in [1.82, 2.24) is 0 Å². The quantitative estimate of drug-likeness (QED) is 0.533. The number of nitrogens with zero attached hydrogens (tertiary/aromatic N) is 1. The number of nitrogens with two attached hydrogens (primary N) is 1. The number of aromatic hydroxyl groups is 1. The van der Waals surface area contributed by atoms with Crippen molar-refractivity contribution < 1.29 is 10.0 Å². The maximum atomic E-state index is 10.5. The molecule has 5 nitrogen and oxygen atoms in total. The monoisotopic (exact) mass is 182 g/mol. The summed E-state index contributed by atoms with van der Waals surface area (Å²) >= 11 is 0. The van der Waals surface area contributed by atoms with Crippen LogP contribution in [0.4, 0.5) is 5.69 Å². The lowest BCUT2D eigenvalue weighted by atomic mass is 10.1. The highest BCUT2D eigenvalue weighted by Crippen LogP contribution is 2.27. The minimum atomic E-state index is -0.516. The van der Waals surface area contributed by atoms with Crippen LogP contribution in [0.1, 0.15) is 18.5 Å². The Morgan fingerprint density at radius 2 is 2.23 bits per heavy atom. The molecule has 0 saturated heterocycles. The van der Waals surface area contributed by atoms with Crippen molar-refractivity contribution in [1.29, 1.82) is 0 Å². The Kier molecular flexibility index (Phi) is 2.48. The molecule has 0 aliphatic carbocycles. The van der Waals surface area contributed by atoms with E-state index in [-0.39, 0.29) is 11.4 Å². The summed E-state index contributed by atoms with van der Waals surface area (Å²) in [5, 5.41) is 19.6. The van der Waals surface area contributed by atoms with Crippen molar-refractivity contribution in [2.45, 2.75) is 13.0 Å². The molecule has 0 fully saturated rings. The molecule has 1 aromatic carbocycles. The molecule has 0 radical (unpaired) electrons. The number of hydrogen-bond donors (Lipinski definition) is 2. The molecule has 0 saturated carbocycles. The molecule has 0 aliphatic rings. The molecule has 0 spiro atoms.